The Labute approximate surface area is 189 Å². The number of carbonyl (C=O) groups is 2. The number of hydrogen-bond acceptors (Lipinski definition) is 6. The average molecular weight is 438 g/mol. The Morgan fingerprint density at radius 2 is 2.03 bits per heavy atom. The van der Waals surface area contributed by atoms with Crippen LogP contribution in [-0.2, 0) is 29.0 Å². The van der Waals surface area contributed by atoms with E-state index in [-0.39, 0.29) is 17.9 Å². The third kappa shape index (κ3) is 4.40. The monoisotopic (exact) mass is 437 g/mol. The van der Waals surface area contributed by atoms with E-state index in [9.17, 15) is 9.59 Å². The van der Waals surface area contributed by atoms with Crippen molar-refractivity contribution in [3.63, 3.8) is 0 Å². The number of nitrogens with zero attached hydrogens (tertiary/aromatic N) is 4. The highest BCUT2D eigenvalue weighted by Crippen LogP contribution is 2.33. The van der Waals surface area contributed by atoms with Crippen molar-refractivity contribution in [3.8, 4) is 5.75 Å². The fourth-order valence-electron chi connectivity index (χ4n) is 4.74. The Bertz CT molecular complexity index is 1010. The summed E-state index contributed by atoms with van der Waals surface area (Å²) in [6.07, 6.45) is 3.59. The molecule has 1 fully saturated rings. The lowest BCUT2D eigenvalue weighted by molar-refractivity contribution is -0.132. The molecule has 1 aromatic heterocycles. The number of anilines is 1. The number of nitrogens with one attached hydrogen (secondary N) is 1. The Morgan fingerprint density at radius 1 is 1.22 bits per heavy atom. The predicted octanol–water partition coefficient (Wildman–Crippen LogP) is 2.73. The van der Waals surface area contributed by atoms with Crippen LogP contribution < -0.4 is 10.1 Å². The molecule has 1 N–H and O–H groups in total. The molecular formula is C24H31N5O3. The maximum atomic E-state index is 13.0. The number of carbonyl (C=O) groups excluding carboxylic acids is 2. The molecule has 0 spiro atoms. The quantitative estimate of drug-likeness (QED) is 0.748. The van der Waals surface area contributed by atoms with Crippen LogP contribution >= 0.6 is 0 Å². The van der Waals surface area contributed by atoms with Gasteiger partial charge in [0.2, 0.25) is 11.8 Å². The number of hydrogen-bond donors (Lipinski definition) is 1. The number of rotatable bonds is 6. The lowest BCUT2D eigenvalue weighted by Crippen LogP contribution is -2.38. The van der Waals surface area contributed by atoms with Crippen molar-refractivity contribution in [2.75, 3.05) is 32.6 Å². The van der Waals surface area contributed by atoms with Gasteiger partial charge in [-0.1, -0.05) is 18.2 Å². The zero-order chi connectivity index (χ0) is 22.7. The normalized spacial score (nSPS) is 17.8. The minimum Gasteiger partial charge on any atom is -0.496 e. The van der Waals surface area contributed by atoms with Crippen LogP contribution in [0.25, 0.3) is 0 Å². The third-order valence-electron chi connectivity index (χ3n) is 6.43. The van der Waals surface area contributed by atoms with Gasteiger partial charge in [0, 0.05) is 39.0 Å². The molecule has 32 heavy (non-hydrogen) atoms. The van der Waals surface area contributed by atoms with E-state index in [1.54, 1.807) is 14.0 Å². The summed E-state index contributed by atoms with van der Waals surface area (Å²) >= 11 is 0. The summed E-state index contributed by atoms with van der Waals surface area (Å²) < 4.78 is 5.41. The number of aromatic nitrogens is 2. The predicted molar refractivity (Wildman–Crippen MR) is 121 cm³/mol. The zero-order valence-electron chi connectivity index (χ0n) is 19.1. The van der Waals surface area contributed by atoms with Gasteiger partial charge in [-0.05, 0) is 37.3 Å². The van der Waals surface area contributed by atoms with Gasteiger partial charge in [0.1, 0.15) is 11.6 Å². The van der Waals surface area contributed by atoms with Crippen LogP contribution in [-0.4, -0.2) is 58.8 Å². The van der Waals surface area contributed by atoms with E-state index in [4.69, 9.17) is 14.7 Å². The topological polar surface area (TPSA) is 87.7 Å². The highest BCUT2D eigenvalue weighted by Gasteiger charge is 2.32. The lowest BCUT2D eigenvalue weighted by Gasteiger charge is -2.31. The number of benzene rings is 1. The molecule has 170 valence electrons. The van der Waals surface area contributed by atoms with Crippen molar-refractivity contribution in [1.82, 2.24) is 19.8 Å². The number of amides is 2. The van der Waals surface area contributed by atoms with Crippen molar-refractivity contribution in [2.24, 2.45) is 0 Å². The average Bonchev–Trinajstić information content (AvgIpc) is 3.32. The summed E-state index contributed by atoms with van der Waals surface area (Å²) in [5.41, 5.74) is 2.98. The van der Waals surface area contributed by atoms with Gasteiger partial charge in [-0.25, -0.2) is 9.97 Å². The Morgan fingerprint density at radius 3 is 2.78 bits per heavy atom. The molecule has 2 aromatic rings. The number of para-hydroxylation sites is 1. The van der Waals surface area contributed by atoms with E-state index in [1.807, 2.05) is 41.1 Å². The SMILES string of the molecule is CNc1nc(C2CCCN2C(C)=O)nc2c1CCN(C(=O)CCc1ccccc1OC)C2. The zero-order valence-corrected chi connectivity index (χ0v) is 19.1. The van der Waals surface area contributed by atoms with Crippen molar-refractivity contribution < 1.29 is 14.3 Å². The van der Waals surface area contributed by atoms with E-state index in [0.29, 0.717) is 38.2 Å². The van der Waals surface area contributed by atoms with Crippen molar-refractivity contribution in [1.29, 1.82) is 0 Å². The fourth-order valence-corrected chi connectivity index (χ4v) is 4.74. The summed E-state index contributed by atoms with van der Waals surface area (Å²) in [5, 5.41) is 3.19. The Balaban J connectivity index is 1.50. The van der Waals surface area contributed by atoms with E-state index in [2.05, 4.69) is 5.32 Å². The summed E-state index contributed by atoms with van der Waals surface area (Å²) in [6, 6.07) is 7.71. The molecule has 0 bridgehead atoms. The molecule has 1 atom stereocenters. The minimum absolute atomic E-state index is 0.0490. The number of fused-ring (bicyclic) bond motifs is 1. The van der Waals surface area contributed by atoms with Crippen LogP contribution in [0.3, 0.4) is 0 Å². The number of ether oxygens (including phenoxy) is 1. The van der Waals surface area contributed by atoms with Crippen LogP contribution in [0.2, 0.25) is 0 Å². The smallest absolute Gasteiger partial charge is 0.223 e. The first-order valence-electron chi connectivity index (χ1n) is 11.3. The first-order valence-corrected chi connectivity index (χ1v) is 11.3. The molecule has 0 saturated carbocycles. The molecule has 2 aliphatic rings. The van der Waals surface area contributed by atoms with Gasteiger partial charge in [0.05, 0.1) is 25.4 Å². The standard InChI is InChI=1S/C24H31N5O3/c1-16(30)29-13-6-8-20(29)24-26-19-15-28(14-12-18(19)23(25-2)27-24)22(31)11-10-17-7-4-5-9-21(17)32-3/h4-5,7,9,20H,6,8,10-15H2,1-3H3,(H,25,26,27). The molecular weight excluding hydrogens is 406 g/mol. The van der Waals surface area contributed by atoms with Gasteiger partial charge < -0.3 is 19.9 Å². The van der Waals surface area contributed by atoms with Crippen molar-refractivity contribution >= 4 is 17.6 Å². The second-order valence-electron chi connectivity index (χ2n) is 8.35. The highest BCUT2D eigenvalue weighted by atomic mass is 16.5. The second kappa shape index (κ2) is 9.54. The van der Waals surface area contributed by atoms with E-state index in [0.717, 1.165) is 47.8 Å². The van der Waals surface area contributed by atoms with Crippen LogP contribution in [0.1, 0.15) is 54.9 Å². The summed E-state index contributed by atoms with van der Waals surface area (Å²) in [5.74, 6) is 2.45. The van der Waals surface area contributed by atoms with E-state index >= 15 is 0 Å². The van der Waals surface area contributed by atoms with Crippen molar-refractivity contribution in [2.45, 2.75) is 51.6 Å². The van der Waals surface area contributed by atoms with E-state index < -0.39 is 0 Å². The van der Waals surface area contributed by atoms with Gasteiger partial charge in [-0.15, -0.1) is 0 Å². The van der Waals surface area contributed by atoms with Gasteiger partial charge in [-0.2, -0.15) is 0 Å². The van der Waals surface area contributed by atoms with Crippen LogP contribution in [0.4, 0.5) is 5.82 Å². The molecule has 8 heteroatoms. The Hall–Kier alpha value is -3.16. The molecule has 1 saturated heterocycles. The molecule has 0 aliphatic carbocycles. The van der Waals surface area contributed by atoms with Crippen LogP contribution in [0, 0.1) is 0 Å². The van der Waals surface area contributed by atoms with Crippen LogP contribution in [0.15, 0.2) is 24.3 Å². The van der Waals surface area contributed by atoms with E-state index in [1.165, 1.54) is 0 Å². The molecule has 1 aromatic carbocycles. The first kappa shape index (κ1) is 22.0. The largest absolute Gasteiger partial charge is 0.496 e. The molecule has 2 aliphatic heterocycles. The third-order valence-corrected chi connectivity index (χ3v) is 6.43. The molecule has 3 heterocycles. The van der Waals surface area contributed by atoms with Crippen molar-refractivity contribution in [3.05, 3.63) is 46.9 Å². The summed E-state index contributed by atoms with van der Waals surface area (Å²) in [4.78, 5) is 38.4. The number of likely N-dealkylation sites (tertiary alicyclic amines) is 1. The van der Waals surface area contributed by atoms with Crippen LogP contribution in [0.5, 0.6) is 5.75 Å². The molecule has 0 radical (unpaired) electrons. The Kier molecular flexibility index (Phi) is 6.58. The van der Waals surface area contributed by atoms with Gasteiger partial charge >= 0.3 is 0 Å². The summed E-state index contributed by atoms with van der Waals surface area (Å²) in [6.45, 7) is 3.45. The molecule has 4 rings (SSSR count). The molecule has 2 amide bonds. The molecule has 8 nitrogen and oxygen atoms in total. The van der Waals surface area contributed by atoms with Gasteiger partial charge in [0.15, 0.2) is 5.82 Å². The molecule has 1 unspecified atom stereocenters. The number of aryl methyl sites for hydroxylation is 1. The highest BCUT2D eigenvalue weighted by molar-refractivity contribution is 5.77. The summed E-state index contributed by atoms with van der Waals surface area (Å²) in [7, 11) is 3.50. The minimum atomic E-state index is -0.0958. The first-order chi connectivity index (χ1) is 15.5. The maximum Gasteiger partial charge on any atom is 0.223 e. The fraction of sp³-hybridized carbons (Fsp3) is 0.500. The number of methoxy groups -OCH3 is 1. The lowest BCUT2D eigenvalue weighted by atomic mass is 10.0. The second-order valence-corrected chi connectivity index (χ2v) is 8.35. The van der Waals surface area contributed by atoms with Gasteiger partial charge in [0.25, 0.3) is 0 Å². The maximum absolute atomic E-state index is 13.0. The van der Waals surface area contributed by atoms with Gasteiger partial charge in [-0.3, -0.25) is 9.59 Å².